The van der Waals surface area contributed by atoms with Gasteiger partial charge in [-0.25, -0.2) is 13.6 Å². The number of benzene rings is 1. The van der Waals surface area contributed by atoms with Crippen LogP contribution in [0.2, 0.25) is 0 Å². The van der Waals surface area contributed by atoms with Crippen LogP contribution < -0.4 is 16.0 Å². The van der Waals surface area contributed by atoms with Crippen molar-refractivity contribution in [3.63, 3.8) is 0 Å². The van der Waals surface area contributed by atoms with Gasteiger partial charge in [-0.1, -0.05) is 0 Å². The van der Waals surface area contributed by atoms with E-state index in [1.54, 1.807) is 12.2 Å². The number of urea groups is 1. The van der Waals surface area contributed by atoms with Gasteiger partial charge in [0.2, 0.25) is 0 Å². The Morgan fingerprint density at radius 2 is 2.05 bits per heavy atom. The van der Waals surface area contributed by atoms with E-state index in [9.17, 15) is 18.4 Å². The molecule has 4 N–H and O–H groups in total. The standard InChI is InChI=1S/C14H17F2N3O2/c1-8(9-2-5-11(15)12(16)6-9)17-7-13(20)19-14(21)18-10-3-4-10/h2,5-6,8,10,17H,3-4,7H2,1H3,(H2,18,19,20,21)/p+1/t8-/m1/s1. The molecule has 7 heteroatoms. The Balaban J connectivity index is 1.76. The number of nitrogens with two attached hydrogens (primary N) is 1. The van der Waals surface area contributed by atoms with E-state index in [2.05, 4.69) is 10.6 Å². The number of hydrogen-bond acceptors (Lipinski definition) is 2. The van der Waals surface area contributed by atoms with E-state index < -0.39 is 23.6 Å². The first kappa shape index (κ1) is 15.4. The molecule has 0 aliphatic heterocycles. The molecule has 1 aromatic rings. The lowest BCUT2D eigenvalue weighted by molar-refractivity contribution is -0.682. The zero-order valence-electron chi connectivity index (χ0n) is 11.7. The normalized spacial score (nSPS) is 15.4. The maximum atomic E-state index is 13.1. The van der Waals surface area contributed by atoms with Crippen molar-refractivity contribution in [1.29, 1.82) is 0 Å². The van der Waals surface area contributed by atoms with Crippen LogP contribution in [-0.4, -0.2) is 24.5 Å². The summed E-state index contributed by atoms with van der Waals surface area (Å²) >= 11 is 0. The van der Waals surface area contributed by atoms with E-state index in [0.717, 1.165) is 25.0 Å². The van der Waals surface area contributed by atoms with Crippen molar-refractivity contribution in [2.24, 2.45) is 0 Å². The van der Waals surface area contributed by atoms with Gasteiger partial charge in [0.15, 0.2) is 18.2 Å². The Bertz CT molecular complexity index is 547. The predicted octanol–water partition coefficient (Wildman–Crippen LogP) is 0.577. The number of nitrogens with one attached hydrogen (secondary N) is 2. The minimum Gasteiger partial charge on any atom is -0.335 e. The fourth-order valence-electron chi connectivity index (χ4n) is 1.84. The van der Waals surface area contributed by atoms with Crippen molar-refractivity contribution in [2.75, 3.05) is 6.54 Å². The zero-order valence-corrected chi connectivity index (χ0v) is 11.7. The summed E-state index contributed by atoms with van der Waals surface area (Å²) < 4.78 is 26.0. The molecule has 5 nitrogen and oxygen atoms in total. The van der Waals surface area contributed by atoms with Gasteiger partial charge in [-0.05, 0) is 38.0 Å². The van der Waals surface area contributed by atoms with Gasteiger partial charge in [0.05, 0.1) is 0 Å². The summed E-state index contributed by atoms with van der Waals surface area (Å²) in [6.07, 6.45) is 1.89. The van der Waals surface area contributed by atoms with Gasteiger partial charge < -0.3 is 10.6 Å². The number of quaternary nitrogens is 1. The van der Waals surface area contributed by atoms with Gasteiger partial charge in [0.25, 0.3) is 5.91 Å². The van der Waals surface area contributed by atoms with E-state index >= 15 is 0 Å². The van der Waals surface area contributed by atoms with Gasteiger partial charge in [-0.3, -0.25) is 10.1 Å². The molecule has 1 fully saturated rings. The van der Waals surface area contributed by atoms with E-state index in [4.69, 9.17) is 0 Å². The highest BCUT2D eigenvalue weighted by molar-refractivity contribution is 5.94. The van der Waals surface area contributed by atoms with Crippen LogP contribution in [0.15, 0.2) is 18.2 Å². The first-order chi connectivity index (χ1) is 9.95. The summed E-state index contributed by atoms with van der Waals surface area (Å²) in [6.45, 7) is 1.79. The quantitative estimate of drug-likeness (QED) is 0.744. The predicted molar refractivity (Wildman–Crippen MR) is 71.3 cm³/mol. The second kappa shape index (κ2) is 6.62. The average molecular weight is 298 g/mol. The van der Waals surface area contributed by atoms with Gasteiger partial charge in [-0.2, -0.15) is 0 Å². The number of carbonyl (C=O) groups excluding carboxylic acids is 2. The van der Waals surface area contributed by atoms with E-state index in [-0.39, 0.29) is 18.6 Å². The Morgan fingerprint density at radius 1 is 1.33 bits per heavy atom. The SMILES string of the molecule is C[C@@H]([NH2+]CC(=O)NC(=O)NC1CC1)c1ccc(F)c(F)c1. The maximum Gasteiger partial charge on any atom is 0.321 e. The molecule has 0 bridgehead atoms. The van der Waals surface area contributed by atoms with Gasteiger partial charge in [0, 0.05) is 11.6 Å². The van der Waals surface area contributed by atoms with Gasteiger partial charge in [-0.15, -0.1) is 0 Å². The molecule has 2 rings (SSSR count). The Labute approximate surface area is 121 Å². The largest absolute Gasteiger partial charge is 0.335 e. The third-order valence-electron chi connectivity index (χ3n) is 3.29. The molecule has 3 amide bonds. The van der Waals surface area contributed by atoms with Crippen LogP contribution in [0.4, 0.5) is 13.6 Å². The van der Waals surface area contributed by atoms with Crippen molar-refractivity contribution >= 4 is 11.9 Å². The molecule has 1 aliphatic rings. The molecule has 1 aliphatic carbocycles. The van der Waals surface area contributed by atoms with Crippen molar-refractivity contribution in [1.82, 2.24) is 10.6 Å². The lowest BCUT2D eigenvalue weighted by Gasteiger charge is -2.11. The number of amides is 3. The molecule has 0 radical (unpaired) electrons. The van der Waals surface area contributed by atoms with Gasteiger partial charge >= 0.3 is 6.03 Å². The van der Waals surface area contributed by atoms with Crippen LogP contribution in [0.3, 0.4) is 0 Å². The average Bonchev–Trinajstić information content (AvgIpc) is 3.22. The maximum absolute atomic E-state index is 13.1. The summed E-state index contributed by atoms with van der Waals surface area (Å²) in [7, 11) is 0. The topological polar surface area (TPSA) is 74.8 Å². The van der Waals surface area contributed by atoms with Crippen LogP contribution in [0.1, 0.15) is 31.4 Å². The Morgan fingerprint density at radius 3 is 2.67 bits per heavy atom. The number of hydrogen-bond donors (Lipinski definition) is 3. The summed E-state index contributed by atoms with van der Waals surface area (Å²) in [5.74, 6) is -2.25. The fourth-order valence-corrected chi connectivity index (χ4v) is 1.84. The lowest BCUT2D eigenvalue weighted by Crippen LogP contribution is -2.87. The van der Waals surface area contributed by atoms with Crippen molar-refractivity contribution in [3.8, 4) is 0 Å². The molecule has 1 atom stereocenters. The molecule has 0 aromatic heterocycles. The molecule has 114 valence electrons. The molecule has 0 saturated heterocycles. The van der Waals surface area contributed by atoms with Crippen LogP contribution in [-0.2, 0) is 4.79 Å². The molecule has 0 heterocycles. The highest BCUT2D eigenvalue weighted by Gasteiger charge is 2.24. The van der Waals surface area contributed by atoms with E-state index in [1.165, 1.54) is 6.07 Å². The Hall–Kier alpha value is -2.02. The summed E-state index contributed by atoms with van der Waals surface area (Å²) in [5.41, 5.74) is 0.573. The van der Waals surface area contributed by atoms with Crippen molar-refractivity contribution < 1.29 is 23.7 Å². The van der Waals surface area contributed by atoms with E-state index in [0.29, 0.717) is 5.56 Å². The minimum atomic E-state index is -0.916. The monoisotopic (exact) mass is 298 g/mol. The summed E-state index contributed by atoms with van der Waals surface area (Å²) in [6, 6.07) is 3.10. The number of rotatable bonds is 5. The van der Waals surface area contributed by atoms with Crippen LogP contribution >= 0.6 is 0 Å². The van der Waals surface area contributed by atoms with Crippen molar-refractivity contribution in [2.45, 2.75) is 31.8 Å². The number of halogens is 2. The second-order valence-corrected chi connectivity index (χ2v) is 5.20. The highest BCUT2D eigenvalue weighted by Crippen LogP contribution is 2.18. The fraction of sp³-hybridized carbons (Fsp3) is 0.429. The lowest BCUT2D eigenvalue weighted by atomic mass is 10.1. The third-order valence-corrected chi connectivity index (χ3v) is 3.29. The second-order valence-electron chi connectivity index (χ2n) is 5.20. The van der Waals surface area contributed by atoms with Crippen molar-refractivity contribution in [3.05, 3.63) is 35.4 Å². The van der Waals surface area contributed by atoms with Crippen LogP contribution in [0.25, 0.3) is 0 Å². The highest BCUT2D eigenvalue weighted by atomic mass is 19.2. The summed E-state index contributed by atoms with van der Waals surface area (Å²) in [5, 5.41) is 6.51. The molecule has 0 spiro atoms. The minimum absolute atomic E-state index is 0.0260. The molecular formula is C14H18F2N3O2+. The molecule has 0 unspecified atom stereocenters. The smallest absolute Gasteiger partial charge is 0.321 e. The molecule has 21 heavy (non-hydrogen) atoms. The first-order valence-electron chi connectivity index (χ1n) is 6.84. The zero-order chi connectivity index (χ0) is 15.4. The van der Waals surface area contributed by atoms with E-state index in [1.807, 2.05) is 0 Å². The summed E-state index contributed by atoms with van der Waals surface area (Å²) in [4.78, 5) is 22.9. The molecular weight excluding hydrogens is 280 g/mol. The van der Waals surface area contributed by atoms with Crippen LogP contribution in [0, 0.1) is 11.6 Å². The molecule has 1 aromatic carbocycles. The Kier molecular flexibility index (Phi) is 4.85. The van der Waals surface area contributed by atoms with Crippen LogP contribution in [0.5, 0.6) is 0 Å². The number of imide groups is 1. The molecule has 1 saturated carbocycles. The number of carbonyl (C=O) groups is 2. The van der Waals surface area contributed by atoms with Gasteiger partial charge in [0.1, 0.15) is 6.04 Å². The third kappa shape index (κ3) is 4.78. The first-order valence-corrected chi connectivity index (χ1v) is 6.84.